The van der Waals surface area contributed by atoms with E-state index in [1.54, 1.807) is 18.3 Å². The minimum Gasteiger partial charge on any atom is -0.325 e. The number of amides is 1. The molecule has 0 aliphatic carbocycles. The van der Waals surface area contributed by atoms with E-state index in [0.29, 0.717) is 12.2 Å². The average molecular weight is 311 g/mol. The molecule has 0 fully saturated rings. The Morgan fingerprint density at radius 2 is 2.04 bits per heavy atom. The first-order valence-corrected chi connectivity index (χ1v) is 7.59. The summed E-state index contributed by atoms with van der Waals surface area (Å²) < 4.78 is 12.8. The van der Waals surface area contributed by atoms with Gasteiger partial charge in [0.2, 0.25) is 5.91 Å². The van der Waals surface area contributed by atoms with E-state index in [2.05, 4.69) is 21.3 Å². The van der Waals surface area contributed by atoms with Crippen LogP contribution in [0.3, 0.4) is 0 Å². The number of hydrogen-bond acceptors (Lipinski definition) is 3. The highest BCUT2D eigenvalue weighted by Gasteiger charge is 2.16. The van der Waals surface area contributed by atoms with Gasteiger partial charge in [-0.15, -0.1) is 0 Å². The van der Waals surface area contributed by atoms with Crippen LogP contribution in [-0.4, -0.2) is 35.4 Å². The van der Waals surface area contributed by atoms with E-state index in [0.717, 1.165) is 25.2 Å². The summed E-state index contributed by atoms with van der Waals surface area (Å²) in [6.45, 7) is 1.87. The molecule has 0 radical (unpaired) electrons. The molecular formula is C18H18FN3O. The molecule has 1 aliphatic rings. The van der Waals surface area contributed by atoms with Gasteiger partial charge in [-0.25, -0.2) is 4.39 Å². The van der Waals surface area contributed by atoms with E-state index in [1.807, 2.05) is 18.2 Å². The van der Waals surface area contributed by atoms with Crippen molar-refractivity contribution in [2.75, 3.05) is 25.0 Å². The smallest absolute Gasteiger partial charge is 0.238 e. The number of benzene rings is 1. The van der Waals surface area contributed by atoms with Crippen LogP contribution in [0.25, 0.3) is 5.57 Å². The number of pyridine rings is 1. The molecular weight excluding hydrogens is 293 g/mol. The number of aromatic nitrogens is 1. The van der Waals surface area contributed by atoms with Crippen LogP contribution in [0.15, 0.2) is 54.7 Å². The molecule has 1 N–H and O–H groups in total. The molecule has 23 heavy (non-hydrogen) atoms. The SMILES string of the molecule is O=C(CN1CC=C(c2ccccn2)CC1)Nc1ccc(F)cc1. The molecule has 1 aliphatic heterocycles. The third-order valence-corrected chi connectivity index (χ3v) is 3.78. The molecule has 0 saturated heterocycles. The molecule has 0 unspecified atom stereocenters. The minimum atomic E-state index is -0.314. The lowest BCUT2D eigenvalue weighted by molar-refractivity contribution is -0.117. The Labute approximate surface area is 134 Å². The summed E-state index contributed by atoms with van der Waals surface area (Å²) in [6.07, 6.45) is 4.79. The summed E-state index contributed by atoms with van der Waals surface area (Å²) in [5.74, 6) is -0.405. The zero-order chi connectivity index (χ0) is 16.1. The normalized spacial score (nSPS) is 15.1. The van der Waals surface area contributed by atoms with Gasteiger partial charge in [-0.2, -0.15) is 0 Å². The maximum Gasteiger partial charge on any atom is 0.238 e. The molecule has 0 atom stereocenters. The van der Waals surface area contributed by atoms with E-state index in [1.165, 1.54) is 17.7 Å². The zero-order valence-electron chi connectivity index (χ0n) is 12.7. The first kappa shape index (κ1) is 15.4. The lowest BCUT2D eigenvalue weighted by Crippen LogP contribution is -2.36. The molecule has 1 aromatic carbocycles. The van der Waals surface area contributed by atoms with Gasteiger partial charge in [-0.1, -0.05) is 12.1 Å². The highest BCUT2D eigenvalue weighted by atomic mass is 19.1. The second-order valence-corrected chi connectivity index (χ2v) is 5.48. The van der Waals surface area contributed by atoms with Crippen LogP contribution in [-0.2, 0) is 4.79 Å². The number of hydrogen-bond donors (Lipinski definition) is 1. The first-order chi connectivity index (χ1) is 11.2. The monoisotopic (exact) mass is 311 g/mol. The van der Waals surface area contributed by atoms with Gasteiger partial charge in [-0.05, 0) is 48.4 Å². The Balaban J connectivity index is 1.53. The van der Waals surface area contributed by atoms with Crippen LogP contribution in [0.4, 0.5) is 10.1 Å². The molecule has 2 aromatic rings. The quantitative estimate of drug-likeness (QED) is 0.944. The number of nitrogens with zero attached hydrogens (tertiary/aromatic N) is 2. The van der Waals surface area contributed by atoms with Crippen molar-refractivity contribution in [1.29, 1.82) is 0 Å². The number of halogens is 1. The van der Waals surface area contributed by atoms with Crippen LogP contribution < -0.4 is 5.32 Å². The maximum absolute atomic E-state index is 12.8. The van der Waals surface area contributed by atoms with Crippen molar-refractivity contribution in [3.63, 3.8) is 0 Å². The Morgan fingerprint density at radius 1 is 1.22 bits per heavy atom. The molecule has 0 bridgehead atoms. The number of carbonyl (C=O) groups is 1. The van der Waals surface area contributed by atoms with Crippen LogP contribution in [0, 0.1) is 5.82 Å². The Bertz CT molecular complexity index is 698. The Kier molecular flexibility index (Phi) is 4.78. The van der Waals surface area contributed by atoms with Gasteiger partial charge in [0.15, 0.2) is 0 Å². The summed E-state index contributed by atoms with van der Waals surface area (Å²) in [5, 5.41) is 2.78. The van der Waals surface area contributed by atoms with E-state index < -0.39 is 0 Å². The largest absolute Gasteiger partial charge is 0.325 e. The molecule has 2 heterocycles. The summed E-state index contributed by atoms with van der Waals surface area (Å²) >= 11 is 0. The highest BCUT2D eigenvalue weighted by Crippen LogP contribution is 2.20. The average Bonchev–Trinajstić information content (AvgIpc) is 2.58. The minimum absolute atomic E-state index is 0.0914. The highest BCUT2D eigenvalue weighted by molar-refractivity contribution is 5.92. The van der Waals surface area contributed by atoms with Crippen molar-refractivity contribution < 1.29 is 9.18 Å². The van der Waals surface area contributed by atoms with Crippen molar-refractivity contribution in [2.45, 2.75) is 6.42 Å². The number of carbonyl (C=O) groups excluding carboxylic acids is 1. The van der Waals surface area contributed by atoms with Crippen LogP contribution in [0.1, 0.15) is 12.1 Å². The van der Waals surface area contributed by atoms with Gasteiger partial charge in [0.1, 0.15) is 5.82 Å². The fourth-order valence-corrected chi connectivity index (χ4v) is 2.58. The standard InChI is InChI=1S/C18H18FN3O/c19-15-4-6-16(7-5-15)21-18(23)13-22-11-8-14(9-12-22)17-3-1-2-10-20-17/h1-8,10H,9,11-13H2,(H,21,23). The molecule has 5 heteroatoms. The van der Waals surface area contributed by atoms with E-state index in [-0.39, 0.29) is 11.7 Å². The molecule has 118 valence electrons. The van der Waals surface area contributed by atoms with Gasteiger partial charge in [0, 0.05) is 25.0 Å². The molecule has 0 spiro atoms. The Hall–Kier alpha value is -2.53. The molecule has 1 aromatic heterocycles. The number of rotatable bonds is 4. The van der Waals surface area contributed by atoms with Gasteiger partial charge in [0.05, 0.1) is 12.2 Å². The topological polar surface area (TPSA) is 45.2 Å². The molecule has 4 nitrogen and oxygen atoms in total. The number of anilines is 1. The van der Waals surface area contributed by atoms with Crippen molar-refractivity contribution >= 4 is 17.2 Å². The summed E-state index contributed by atoms with van der Waals surface area (Å²) in [7, 11) is 0. The van der Waals surface area contributed by atoms with Crippen LogP contribution >= 0.6 is 0 Å². The second-order valence-electron chi connectivity index (χ2n) is 5.48. The van der Waals surface area contributed by atoms with E-state index in [9.17, 15) is 9.18 Å². The van der Waals surface area contributed by atoms with Crippen LogP contribution in [0.5, 0.6) is 0 Å². The van der Waals surface area contributed by atoms with E-state index >= 15 is 0 Å². The fraction of sp³-hybridized carbons (Fsp3) is 0.222. The van der Waals surface area contributed by atoms with Crippen molar-refractivity contribution in [1.82, 2.24) is 9.88 Å². The third-order valence-electron chi connectivity index (χ3n) is 3.78. The van der Waals surface area contributed by atoms with Crippen molar-refractivity contribution in [3.05, 3.63) is 66.2 Å². The Morgan fingerprint density at radius 3 is 2.70 bits per heavy atom. The lowest BCUT2D eigenvalue weighted by atomic mass is 10.0. The summed E-state index contributed by atoms with van der Waals surface area (Å²) in [6, 6.07) is 11.7. The van der Waals surface area contributed by atoms with Gasteiger partial charge in [0.25, 0.3) is 0 Å². The van der Waals surface area contributed by atoms with Gasteiger partial charge >= 0.3 is 0 Å². The zero-order valence-corrected chi connectivity index (χ0v) is 12.7. The lowest BCUT2D eigenvalue weighted by Gasteiger charge is -2.25. The maximum atomic E-state index is 12.8. The van der Waals surface area contributed by atoms with Gasteiger partial charge < -0.3 is 5.32 Å². The predicted molar refractivity (Wildman–Crippen MR) is 88.3 cm³/mol. The molecule has 0 saturated carbocycles. The molecule has 3 rings (SSSR count). The predicted octanol–water partition coefficient (Wildman–Crippen LogP) is 2.95. The van der Waals surface area contributed by atoms with E-state index in [4.69, 9.17) is 0 Å². The van der Waals surface area contributed by atoms with Crippen LogP contribution in [0.2, 0.25) is 0 Å². The number of nitrogens with one attached hydrogen (secondary N) is 1. The first-order valence-electron chi connectivity index (χ1n) is 7.59. The molecule has 1 amide bonds. The summed E-state index contributed by atoms with van der Waals surface area (Å²) in [4.78, 5) is 18.5. The third kappa shape index (κ3) is 4.23. The summed E-state index contributed by atoms with van der Waals surface area (Å²) in [5.41, 5.74) is 2.84. The van der Waals surface area contributed by atoms with Crippen molar-refractivity contribution in [3.8, 4) is 0 Å². The van der Waals surface area contributed by atoms with Crippen molar-refractivity contribution in [2.24, 2.45) is 0 Å². The fourth-order valence-electron chi connectivity index (χ4n) is 2.58. The second kappa shape index (κ2) is 7.15. The van der Waals surface area contributed by atoms with Gasteiger partial charge in [-0.3, -0.25) is 14.7 Å².